The van der Waals surface area contributed by atoms with Gasteiger partial charge >= 0.3 is 5.97 Å². The number of carboxylic acids is 1. The third kappa shape index (κ3) is 12.8. The number of ether oxygens (including phenoxy) is 5. The second kappa shape index (κ2) is 18.6. The summed E-state index contributed by atoms with van der Waals surface area (Å²) in [5.74, 6) is -0.192. The number of nitrogens with zero attached hydrogens (tertiary/aromatic N) is 4. The number of aromatic carboxylic acids is 1. The number of rotatable bonds is 8. The molecule has 3 rings (SSSR count). The van der Waals surface area contributed by atoms with E-state index in [0.717, 1.165) is 31.0 Å². The predicted octanol–water partition coefficient (Wildman–Crippen LogP) is 2.35. The van der Waals surface area contributed by atoms with Crippen molar-refractivity contribution in [2.75, 3.05) is 85.6 Å². The second-order valence-electron chi connectivity index (χ2n) is 9.15. The SMILES string of the molecule is CCCOc1ccnc(CN2CCOCCOCCN(Cc3cccc(C(=O)O)n3)CCOCCOCC2)c1. The van der Waals surface area contributed by atoms with Crippen molar-refractivity contribution in [2.24, 2.45) is 0 Å². The topological polar surface area (TPSA) is 116 Å². The standard InChI is InChI=1S/C28H42N4O7/c1-2-12-39-26-6-7-29-25(21-26)23-32-10-15-37-19-17-35-13-8-31(9-14-36-18-20-38-16-11-32)22-24-4-3-5-27(30-24)28(33)34/h3-7,21H,2,8-20,22-23H2,1H3,(H,33,34). The quantitative estimate of drug-likeness (QED) is 0.526. The number of carboxylic acid groups (broad SMARTS) is 1. The molecule has 0 unspecified atom stereocenters. The van der Waals surface area contributed by atoms with Crippen LogP contribution in [0.5, 0.6) is 5.75 Å². The van der Waals surface area contributed by atoms with E-state index in [1.807, 2.05) is 18.2 Å². The molecule has 3 heterocycles. The van der Waals surface area contributed by atoms with Crippen molar-refractivity contribution in [3.8, 4) is 5.75 Å². The van der Waals surface area contributed by atoms with Crippen LogP contribution in [0.3, 0.4) is 0 Å². The Morgan fingerprint density at radius 1 is 0.846 bits per heavy atom. The van der Waals surface area contributed by atoms with Gasteiger partial charge in [0.15, 0.2) is 0 Å². The zero-order valence-corrected chi connectivity index (χ0v) is 23.0. The van der Waals surface area contributed by atoms with Gasteiger partial charge in [-0.2, -0.15) is 0 Å². The van der Waals surface area contributed by atoms with Gasteiger partial charge < -0.3 is 28.8 Å². The van der Waals surface area contributed by atoms with Crippen molar-refractivity contribution in [3.63, 3.8) is 0 Å². The van der Waals surface area contributed by atoms with Crippen LogP contribution in [0.4, 0.5) is 0 Å². The minimum atomic E-state index is -1.03. The molecule has 0 saturated carbocycles. The van der Waals surface area contributed by atoms with E-state index in [-0.39, 0.29) is 5.69 Å². The van der Waals surface area contributed by atoms with Crippen molar-refractivity contribution in [1.29, 1.82) is 0 Å². The van der Waals surface area contributed by atoms with Crippen molar-refractivity contribution >= 4 is 5.97 Å². The molecule has 0 amide bonds. The maximum atomic E-state index is 11.3. The van der Waals surface area contributed by atoms with Crippen LogP contribution >= 0.6 is 0 Å². The summed E-state index contributed by atoms with van der Waals surface area (Å²) in [6, 6.07) is 8.92. The summed E-state index contributed by atoms with van der Waals surface area (Å²) in [5, 5.41) is 9.22. The molecule has 216 valence electrons. The van der Waals surface area contributed by atoms with Gasteiger partial charge in [-0.3, -0.25) is 14.8 Å². The first-order valence-electron chi connectivity index (χ1n) is 13.7. The molecule has 1 fully saturated rings. The predicted molar refractivity (Wildman–Crippen MR) is 145 cm³/mol. The fraction of sp³-hybridized carbons (Fsp3) is 0.607. The van der Waals surface area contributed by atoms with Gasteiger partial charge in [-0.1, -0.05) is 13.0 Å². The van der Waals surface area contributed by atoms with E-state index in [9.17, 15) is 9.90 Å². The van der Waals surface area contributed by atoms with Gasteiger partial charge in [-0.05, 0) is 24.6 Å². The molecule has 2 aromatic heterocycles. The monoisotopic (exact) mass is 546 g/mol. The number of hydrogen-bond acceptors (Lipinski definition) is 10. The third-order valence-electron chi connectivity index (χ3n) is 6.01. The first-order chi connectivity index (χ1) is 19.1. The van der Waals surface area contributed by atoms with E-state index >= 15 is 0 Å². The van der Waals surface area contributed by atoms with Gasteiger partial charge in [0.25, 0.3) is 0 Å². The maximum Gasteiger partial charge on any atom is 0.354 e. The highest BCUT2D eigenvalue weighted by Gasteiger charge is 2.12. The van der Waals surface area contributed by atoms with Crippen molar-refractivity contribution < 1.29 is 33.6 Å². The lowest BCUT2D eigenvalue weighted by atomic mass is 10.3. The Hall–Kier alpha value is -2.67. The highest BCUT2D eigenvalue weighted by molar-refractivity contribution is 5.85. The molecule has 0 atom stereocenters. The lowest BCUT2D eigenvalue weighted by Crippen LogP contribution is -2.33. The zero-order valence-electron chi connectivity index (χ0n) is 23.0. The van der Waals surface area contributed by atoms with Crippen LogP contribution in [-0.2, 0) is 32.0 Å². The smallest absolute Gasteiger partial charge is 0.354 e. The Balaban J connectivity index is 1.47. The molecule has 0 spiro atoms. The first-order valence-corrected chi connectivity index (χ1v) is 13.7. The van der Waals surface area contributed by atoms with Crippen LogP contribution in [0, 0.1) is 0 Å². The fourth-order valence-electron chi connectivity index (χ4n) is 3.96. The highest BCUT2D eigenvalue weighted by Crippen LogP contribution is 2.13. The van der Waals surface area contributed by atoms with Crippen LogP contribution < -0.4 is 4.74 Å². The average Bonchev–Trinajstić information content (AvgIpc) is 2.94. The Labute approximate surface area is 231 Å². The van der Waals surface area contributed by atoms with Gasteiger partial charge in [0.1, 0.15) is 11.4 Å². The van der Waals surface area contributed by atoms with Gasteiger partial charge in [-0.25, -0.2) is 9.78 Å². The van der Waals surface area contributed by atoms with Crippen LogP contribution in [0.2, 0.25) is 0 Å². The number of carbonyl (C=O) groups is 1. The zero-order chi connectivity index (χ0) is 27.5. The molecule has 0 aromatic carbocycles. The molecule has 39 heavy (non-hydrogen) atoms. The van der Waals surface area contributed by atoms with Crippen LogP contribution in [0.1, 0.15) is 35.2 Å². The molecule has 0 radical (unpaired) electrons. The summed E-state index contributed by atoms with van der Waals surface area (Å²) in [5.41, 5.74) is 1.69. The lowest BCUT2D eigenvalue weighted by molar-refractivity contribution is 0.00597. The second-order valence-corrected chi connectivity index (χ2v) is 9.15. The Morgan fingerprint density at radius 3 is 1.95 bits per heavy atom. The van der Waals surface area contributed by atoms with Crippen molar-refractivity contribution in [3.05, 3.63) is 53.6 Å². The molecule has 11 nitrogen and oxygen atoms in total. The normalized spacial score (nSPS) is 18.2. The average molecular weight is 547 g/mol. The molecule has 1 aliphatic rings. The van der Waals surface area contributed by atoms with E-state index in [0.29, 0.717) is 91.3 Å². The maximum absolute atomic E-state index is 11.3. The highest BCUT2D eigenvalue weighted by atomic mass is 16.5. The third-order valence-corrected chi connectivity index (χ3v) is 6.01. The van der Waals surface area contributed by atoms with Crippen LogP contribution in [0.15, 0.2) is 36.5 Å². The molecular weight excluding hydrogens is 504 g/mol. The molecular formula is C28H42N4O7. The summed E-state index contributed by atoms with van der Waals surface area (Å²) in [6.07, 6.45) is 2.75. The molecule has 0 bridgehead atoms. The summed E-state index contributed by atoms with van der Waals surface area (Å²) in [4.78, 5) is 24.4. The molecule has 1 saturated heterocycles. The van der Waals surface area contributed by atoms with Gasteiger partial charge in [0.2, 0.25) is 0 Å². The summed E-state index contributed by atoms with van der Waals surface area (Å²) >= 11 is 0. The minimum absolute atomic E-state index is 0.0417. The number of aromatic nitrogens is 2. The fourth-order valence-corrected chi connectivity index (χ4v) is 3.96. The van der Waals surface area contributed by atoms with E-state index in [2.05, 4.69) is 26.7 Å². The minimum Gasteiger partial charge on any atom is -0.493 e. The largest absolute Gasteiger partial charge is 0.493 e. The van der Waals surface area contributed by atoms with Crippen LogP contribution in [0.25, 0.3) is 0 Å². The van der Waals surface area contributed by atoms with E-state index < -0.39 is 5.97 Å². The van der Waals surface area contributed by atoms with Gasteiger partial charge in [0, 0.05) is 51.5 Å². The van der Waals surface area contributed by atoms with Crippen molar-refractivity contribution in [2.45, 2.75) is 26.4 Å². The number of hydrogen-bond donors (Lipinski definition) is 1. The van der Waals surface area contributed by atoms with Crippen molar-refractivity contribution in [1.82, 2.24) is 19.8 Å². The lowest BCUT2D eigenvalue weighted by Gasteiger charge is -2.23. The Bertz CT molecular complexity index is 945. The van der Waals surface area contributed by atoms with E-state index in [1.165, 1.54) is 6.07 Å². The summed E-state index contributed by atoms with van der Waals surface area (Å²) < 4.78 is 29.0. The molecule has 11 heteroatoms. The molecule has 1 aliphatic heterocycles. The van der Waals surface area contributed by atoms with Gasteiger partial charge in [-0.15, -0.1) is 0 Å². The summed E-state index contributed by atoms with van der Waals surface area (Å²) in [6.45, 7) is 11.0. The van der Waals surface area contributed by atoms with E-state index in [1.54, 1.807) is 12.3 Å². The number of pyridine rings is 2. The summed E-state index contributed by atoms with van der Waals surface area (Å²) in [7, 11) is 0. The Morgan fingerprint density at radius 2 is 1.41 bits per heavy atom. The first kappa shape index (κ1) is 30.9. The molecule has 2 aromatic rings. The Kier molecular flexibility index (Phi) is 14.7. The molecule has 1 N–H and O–H groups in total. The van der Waals surface area contributed by atoms with E-state index in [4.69, 9.17) is 23.7 Å². The van der Waals surface area contributed by atoms with Gasteiger partial charge in [0.05, 0.1) is 70.8 Å². The van der Waals surface area contributed by atoms with Crippen LogP contribution in [-0.4, -0.2) is 116 Å². The molecule has 0 aliphatic carbocycles.